The van der Waals surface area contributed by atoms with Crippen molar-refractivity contribution >= 4 is 0 Å². The van der Waals surface area contributed by atoms with Gasteiger partial charge in [0.2, 0.25) is 5.89 Å². The van der Waals surface area contributed by atoms with Gasteiger partial charge >= 0.3 is 0 Å². The van der Waals surface area contributed by atoms with Gasteiger partial charge in [0.25, 0.3) is 0 Å². The van der Waals surface area contributed by atoms with E-state index in [1.54, 1.807) is 18.2 Å². The summed E-state index contributed by atoms with van der Waals surface area (Å²) in [5, 5.41) is 3.79. The molecule has 0 aliphatic carbocycles. The molecule has 5 heteroatoms. The number of rotatable bonds is 4. The standard InChI is InChI=1S/C12H14FN3O/c1-2-10(14)12-15-11(16-17-12)7-8-5-3-4-6-9(8)13/h3-6,10H,2,7,14H2,1H3/t10-/m0/s1. The zero-order chi connectivity index (χ0) is 12.3. The fourth-order valence-electron chi connectivity index (χ4n) is 1.48. The van der Waals surface area contributed by atoms with E-state index in [1.807, 2.05) is 6.92 Å². The Bertz CT molecular complexity index is 498. The fraction of sp³-hybridized carbons (Fsp3) is 0.333. The molecule has 0 amide bonds. The van der Waals surface area contributed by atoms with Crippen LogP contribution in [-0.2, 0) is 6.42 Å². The highest BCUT2D eigenvalue weighted by Gasteiger charge is 2.13. The summed E-state index contributed by atoms with van der Waals surface area (Å²) in [7, 11) is 0. The molecule has 0 fully saturated rings. The Labute approximate surface area is 98.6 Å². The number of aromatic nitrogens is 2. The first-order valence-electron chi connectivity index (χ1n) is 5.52. The molecule has 0 unspecified atom stereocenters. The van der Waals surface area contributed by atoms with Crippen LogP contribution in [0.2, 0.25) is 0 Å². The number of hydrogen-bond acceptors (Lipinski definition) is 4. The normalized spacial score (nSPS) is 12.6. The average molecular weight is 235 g/mol. The van der Waals surface area contributed by atoms with Gasteiger partial charge in [0, 0.05) is 6.42 Å². The minimum absolute atomic E-state index is 0.253. The van der Waals surface area contributed by atoms with Crippen LogP contribution in [0.4, 0.5) is 4.39 Å². The molecular weight excluding hydrogens is 221 g/mol. The van der Waals surface area contributed by atoms with Crippen molar-refractivity contribution in [2.75, 3.05) is 0 Å². The fourth-order valence-corrected chi connectivity index (χ4v) is 1.48. The minimum Gasteiger partial charge on any atom is -0.338 e. The lowest BCUT2D eigenvalue weighted by atomic mass is 10.1. The van der Waals surface area contributed by atoms with Gasteiger partial charge in [0.15, 0.2) is 5.82 Å². The van der Waals surface area contributed by atoms with Crippen molar-refractivity contribution in [3.8, 4) is 0 Å². The summed E-state index contributed by atoms with van der Waals surface area (Å²) in [5.41, 5.74) is 6.31. The first-order valence-corrected chi connectivity index (χ1v) is 5.52. The molecule has 0 radical (unpaired) electrons. The van der Waals surface area contributed by atoms with E-state index in [1.165, 1.54) is 6.07 Å². The molecule has 2 rings (SSSR count). The molecule has 1 atom stereocenters. The van der Waals surface area contributed by atoms with Crippen LogP contribution in [0.3, 0.4) is 0 Å². The second kappa shape index (κ2) is 5.05. The van der Waals surface area contributed by atoms with E-state index in [0.717, 1.165) is 6.42 Å². The maximum atomic E-state index is 13.4. The van der Waals surface area contributed by atoms with E-state index in [-0.39, 0.29) is 11.9 Å². The third-order valence-electron chi connectivity index (χ3n) is 2.55. The van der Waals surface area contributed by atoms with Gasteiger partial charge in [-0.05, 0) is 18.1 Å². The second-order valence-corrected chi connectivity index (χ2v) is 3.83. The molecule has 0 saturated heterocycles. The lowest BCUT2D eigenvalue weighted by Crippen LogP contribution is -2.09. The molecule has 0 spiro atoms. The van der Waals surface area contributed by atoms with Crippen LogP contribution in [0, 0.1) is 5.82 Å². The van der Waals surface area contributed by atoms with Gasteiger partial charge in [0.05, 0.1) is 6.04 Å². The summed E-state index contributed by atoms with van der Waals surface area (Å²) in [6.07, 6.45) is 1.04. The van der Waals surface area contributed by atoms with Gasteiger partial charge < -0.3 is 10.3 Å². The highest BCUT2D eigenvalue weighted by atomic mass is 19.1. The molecule has 0 aliphatic rings. The van der Waals surface area contributed by atoms with Crippen molar-refractivity contribution < 1.29 is 8.91 Å². The Morgan fingerprint density at radius 3 is 2.88 bits per heavy atom. The second-order valence-electron chi connectivity index (χ2n) is 3.83. The summed E-state index contributed by atoms with van der Waals surface area (Å²) < 4.78 is 18.4. The first kappa shape index (κ1) is 11.7. The molecular formula is C12H14FN3O. The Balaban J connectivity index is 2.14. The van der Waals surface area contributed by atoms with Crippen LogP contribution >= 0.6 is 0 Å². The zero-order valence-corrected chi connectivity index (χ0v) is 9.56. The van der Waals surface area contributed by atoms with Crippen molar-refractivity contribution in [1.82, 2.24) is 10.1 Å². The van der Waals surface area contributed by atoms with Gasteiger partial charge in [-0.1, -0.05) is 30.3 Å². The maximum absolute atomic E-state index is 13.4. The minimum atomic E-state index is -0.265. The molecule has 0 saturated carbocycles. The summed E-state index contributed by atoms with van der Waals surface area (Å²) in [6.45, 7) is 1.94. The van der Waals surface area contributed by atoms with Gasteiger partial charge in [-0.3, -0.25) is 0 Å². The molecule has 1 aromatic carbocycles. The van der Waals surface area contributed by atoms with Gasteiger partial charge in [-0.15, -0.1) is 0 Å². The van der Waals surface area contributed by atoms with E-state index in [2.05, 4.69) is 10.1 Å². The molecule has 2 N–H and O–H groups in total. The lowest BCUT2D eigenvalue weighted by molar-refractivity contribution is 0.348. The van der Waals surface area contributed by atoms with Crippen molar-refractivity contribution in [1.29, 1.82) is 0 Å². The average Bonchev–Trinajstić information content (AvgIpc) is 2.80. The first-order chi connectivity index (χ1) is 8.20. The topological polar surface area (TPSA) is 64.9 Å². The number of halogens is 1. The Morgan fingerprint density at radius 1 is 1.41 bits per heavy atom. The monoisotopic (exact) mass is 235 g/mol. The molecule has 0 aliphatic heterocycles. The number of nitrogens with two attached hydrogens (primary N) is 1. The van der Waals surface area contributed by atoms with Crippen molar-refractivity contribution in [2.24, 2.45) is 5.73 Å². The Morgan fingerprint density at radius 2 is 2.18 bits per heavy atom. The number of hydrogen-bond donors (Lipinski definition) is 1. The molecule has 90 valence electrons. The predicted octanol–water partition coefficient (Wildman–Crippen LogP) is 2.21. The summed E-state index contributed by atoms with van der Waals surface area (Å²) in [6, 6.07) is 6.28. The Kier molecular flexibility index (Phi) is 3.49. The molecule has 4 nitrogen and oxygen atoms in total. The molecule has 1 aromatic heterocycles. The zero-order valence-electron chi connectivity index (χ0n) is 9.56. The van der Waals surface area contributed by atoms with Crippen LogP contribution in [0.5, 0.6) is 0 Å². The summed E-state index contributed by atoms with van der Waals surface area (Å²) in [4.78, 5) is 4.15. The molecule has 0 bridgehead atoms. The molecule has 1 heterocycles. The highest BCUT2D eigenvalue weighted by Crippen LogP contribution is 2.14. The Hall–Kier alpha value is -1.75. The molecule has 2 aromatic rings. The third-order valence-corrected chi connectivity index (χ3v) is 2.55. The van der Waals surface area contributed by atoms with Crippen molar-refractivity contribution in [3.63, 3.8) is 0 Å². The number of nitrogens with zero attached hydrogens (tertiary/aromatic N) is 2. The van der Waals surface area contributed by atoms with Crippen LogP contribution in [0.1, 0.15) is 36.7 Å². The van der Waals surface area contributed by atoms with E-state index in [9.17, 15) is 4.39 Å². The SMILES string of the molecule is CC[C@H](N)c1nc(Cc2ccccc2F)no1. The van der Waals surface area contributed by atoms with Crippen LogP contribution in [0.15, 0.2) is 28.8 Å². The predicted molar refractivity (Wildman–Crippen MR) is 60.7 cm³/mol. The smallest absolute Gasteiger partial charge is 0.243 e. The van der Waals surface area contributed by atoms with E-state index in [0.29, 0.717) is 23.7 Å². The van der Waals surface area contributed by atoms with Crippen molar-refractivity contribution in [3.05, 3.63) is 47.4 Å². The lowest BCUT2D eigenvalue weighted by Gasteiger charge is -1.99. The number of benzene rings is 1. The third kappa shape index (κ3) is 2.68. The van der Waals surface area contributed by atoms with E-state index >= 15 is 0 Å². The highest BCUT2D eigenvalue weighted by molar-refractivity contribution is 5.20. The quantitative estimate of drug-likeness (QED) is 0.882. The van der Waals surface area contributed by atoms with E-state index < -0.39 is 0 Å². The summed E-state index contributed by atoms with van der Waals surface area (Å²) in [5.74, 6) is 0.589. The maximum Gasteiger partial charge on any atom is 0.243 e. The van der Waals surface area contributed by atoms with Gasteiger partial charge in [-0.2, -0.15) is 4.98 Å². The van der Waals surface area contributed by atoms with Crippen LogP contribution in [-0.4, -0.2) is 10.1 Å². The van der Waals surface area contributed by atoms with E-state index in [4.69, 9.17) is 10.3 Å². The van der Waals surface area contributed by atoms with Crippen molar-refractivity contribution in [2.45, 2.75) is 25.8 Å². The van der Waals surface area contributed by atoms with Crippen LogP contribution in [0.25, 0.3) is 0 Å². The largest absolute Gasteiger partial charge is 0.338 e. The summed E-state index contributed by atoms with van der Waals surface area (Å²) >= 11 is 0. The van der Waals surface area contributed by atoms with Gasteiger partial charge in [-0.25, -0.2) is 4.39 Å². The molecule has 17 heavy (non-hydrogen) atoms. The van der Waals surface area contributed by atoms with Gasteiger partial charge in [0.1, 0.15) is 5.82 Å². The van der Waals surface area contributed by atoms with Crippen LogP contribution < -0.4 is 5.73 Å².